The average molecular weight is 1400 g/mol. The van der Waals surface area contributed by atoms with Crippen LogP contribution in [0.25, 0.3) is 0 Å². The summed E-state index contributed by atoms with van der Waals surface area (Å²) in [5.41, 5.74) is 0. The molecule has 0 aliphatic carbocycles. The van der Waals surface area contributed by atoms with Crippen LogP contribution in [-0.2, 0) is 65.4 Å². The number of hydrogen-bond acceptors (Lipinski definition) is 15. The molecule has 0 aromatic carbocycles. The van der Waals surface area contributed by atoms with Crippen molar-refractivity contribution in [2.45, 2.75) is 401 Å². The second-order valence-corrected chi connectivity index (χ2v) is 31.5. The molecule has 0 fully saturated rings. The molecule has 0 aromatic heterocycles. The van der Waals surface area contributed by atoms with Crippen LogP contribution >= 0.6 is 15.6 Å². The van der Waals surface area contributed by atoms with Crippen molar-refractivity contribution in [3.05, 3.63) is 0 Å². The van der Waals surface area contributed by atoms with Crippen molar-refractivity contribution < 1.29 is 80.2 Å². The predicted molar refractivity (Wildman–Crippen MR) is 386 cm³/mol. The molecule has 0 rings (SSSR count). The van der Waals surface area contributed by atoms with E-state index < -0.39 is 97.5 Å². The van der Waals surface area contributed by atoms with Crippen LogP contribution in [-0.4, -0.2) is 96.7 Å². The molecule has 0 radical (unpaired) electrons. The summed E-state index contributed by atoms with van der Waals surface area (Å²) in [4.78, 5) is 72.8. The number of hydrogen-bond donors (Lipinski definition) is 3. The number of rotatable bonds is 73. The van der Waals surface area contributed by atoms with Crippen LogP contribution in [0.5, 0.6) is 0 Å². The molecule has 3 N–H and O–H groups in total. The zero-order chi connectivity index (χ0) is 70.3. The Morgan fingerprint density at radius 1 is 0.295 bits per heavy atom. The summed E-state index contributed by atoms with van der Waals surface area (Å²) in [6.45, 7) is 14.2. The zero-order valence-corrected chi connectivity index (χ0v) is 64.1. The maximum atomic E-state index is 13.1. The van der Waals surface area contributed by atoms with Crippen LogP contribution in [0.4, 0.5) is 0 Å². The molecule has 17 nitrogen and oxygen atoms in total. The number of unbranched alkanes of at least 4 members (excludes halogenated alkanes) is 36. The van der Waals surface area contributed by atoms with E-state index in [2.05, 4.69) is 55.4 Å². The maximum absolute atomic E-state index is 13.1. The normalized spacial score (nSPS) is 15.0. The molecule has 0 saturated carbocycles. The van der Waals surface area contributed by atoms with E-state index in [9.17, 15) is 43.2 Å². The molecule has 0 aliphatic rings. The average Bonchev–Trinajstić information content (AvgIpc) is 1.52. The molecule has 0 spiro atoms. The molecule has 5 unspecified atom stereocenters. The van der Waals surface area contributed by atoms with Crippen molar-refractivity contribution in [2.75, 3.05) is 39.6 Å². The van der Waals surface area contributed by atoms with Crippen LogP contribution in [0, 0.1) is 23.7 Å². The van der Waals surface area contributed by atoms with E-state index in [0.29, 0.717) is 25.7 Å². The molecular weight excluding hydrogens is 1250 g/mol. The number of aliphatic hydroxyl groups is 1. The number of ether oxygens (including phenoxy) is 4. The van der Waals surface area contributed by atoms with E-state index in [1.807, 2.05) is 0 Å². The highest BCUT2D eigenvalue weighted by molar-refractivity contribution is 7.47. The Labute approximate surface area is 581 Å². The first-order valence-electron chi connectivity index (χ1n) is 39.3. The number of carbonyl (C=O) groups is 4. The minimum absolute atomic E-state index is 0.106. The van der Waals surface area contributed by atoms with E-state index in [4.69, 9.17) is 37.0 Å². The summed E-state index contributed by atoms with van der Waals surface area (Å²) in [6.07, 6.45) is 49.8. The second-order valence-electron chi connectivity index (χ2n) is 28.6. The monoisotopic (exact) mass is 1400 g/mol. The first-order chi connectivity index (χ1) is 45.7. The molecular formula is C76H148O17P2. The van der Waals surface area contributed by atoms with Crippen molar-refractivity contribution in [2.24, 2.45) is 23.7 Å². The molecule has 0 saturated heterocycles. The van der Waals surface area contributed by atoms with E-state index in [0.717, 1.165) is 120 Å². The lowest BCUT2D eigenvalue weighted by atomic mass is 9.99. The van der Waals surface area contributed by atoms with Crippen LogP contribution < -0.4 is 0 Å². The topological polar surface area (TPSA) is 237 Å². The summed E-state index contributed by atoms with van der Waals surface area (Å²) in [6, 6.07) is 0. The number of phosphoric ester groups is 2. The molecule has 19 heteroatoms. The lowest BCUT2D eigenvalue weighted by Gasteiger charge is -2.21. The van der Waals surface area contributed by atoms with E-state index in [1.165, 1.54) is 180 Å². The third kappa shape index (κ3) is 66.4. The third-order valence-electron chi connectivity index (χ3n) is 18.7. The Morgan fingerprint density at radius 3 is 0.747 bits per heavy atom. The molecule has 0 amide bonds. The van der Waals surface area contributed by atoms with Gasteiger partial charge in [0.1, 0.15) is 19.3 Å². The van der Waals surface area contributed by atoms with Gasteiger partial charge in [-0.15, -0.1) is 0 Å². The molecule has 564 valence electrons. The van der Waals surface area contributed by atoms with Crippen LogP contribution in [0.2, 0.25) is 0 Å². The molecule has 8 atom stereocenters. The van der Waals surface area contributed by atoms with Gasteiger partial charge >= 0.3 is 39.5 Å². The predicted octanol–water partition coefficient (Wildman–Crippen LogP) is 22.0. The minimum atomic E-state index is -4.96. The maximum Gasteiger partial charge on any atom is 0.472 e. The second kappa shape index (κ2) is 65.4. The molecule has 0 aromatic rings. The largest absolute Gasteiger partial charge is 0.472 e. The number of aliphatic hydroxyl groups excluding tert-OH is 1. The Balaban J connectivity index is 5.25. The van der Waals surface area contributed by atoms with Gasteiger partial charge in [-0.2, -0.15) is 0 Å². The van der Waals surface area contributed by atoms with Crippen LogP contribution in [0.1, 0.15) is 383 Å². The van der Waals surface area contributed by atoms with E-state index in [-0.39, 0.29) is 25.7 Å². The summed E-state index contributed by atoms with van der Waals surface area (Å²) in [7, 11) is -9.91. The Morgan fingerprint density at radius 2 is 0.505 bits per heavy atom. The number of esters is 4. The fraction of sp³-hybridized carbons (Fsp3) is 0.947. The molecule has 0 aliphatic heterocycles. The Bertz CT molecular complexity index is 1870. The Hall–Kier alpha value is -1.94. The SMILES string of the molecule is CCC(C)CCCCCCCCCCCCCCCCC(=O)O[C@H](COC(=O)CCCCCCCCC(C)CC)COP(=O)(O)OC[C@H](O)COP(=O)(O)OC[C@@H](COC(=O)CCCCCCCCCCC(C)CC)OC(=O)CCCCCCCCCCCCCCC(C)C. The fourth-order valence-corrected chi connectivity index (χ4v) is 13.0. The smallest absolute Gasteiger partial charge is 0.462 e. The standard InChI is InChI=1S/C76H148O17P2/c1-9-67(6)53-45-37-29-23-19-14-12-13-15-20-24-32-42-50-58-76(81)93-72(63-87-74(79)57-49-41-35-34-39-47-55-69(8)11-3)65-91-95(84,85)89-61-70(77)60-88-94(82,83)90-64-71(62-86-73(78)56-48-40-31-27-26-30-38-46-54-68(7)10-2)92-75(80)59-51-43-33-25-21-17-16-18-22-28-36-44-52-66(4)5/h66-72,77H,9-65H2,1-8H3,(H,82,83)(H,84,85)/t67?,68?,69?,70-,71-,72-/m1/s1. The highest BCUT2D eigenvalue weighted by Crippen LogP contribution is 2.45. The van der Waals surface area contributed by atoms with Gasteiger partial charge in [0, 0.05) is 25.7 Å². The first kappa shape index (κ1) is 93.1. The van der Waals surface area contributed by atoms with Crippen LogP contribution in [0.15, 0.2) is 0 Å². The summed E-state index contributed by atoms with van der Waals surface area (Å²) in [5.74, 6) is 1.01. The Kier molecular flexibility index (Phi) is 64.0. The highest BCUT2D eigenvalue weighted by Gasteiger charge is 2.30. The number of carbonyl (C=O) groups excluding carboxylic acids is 4. The van der Waals surface area contributed by atoms with E-state index >= 15 is 0 Å². The van der Waals surface area contributed by atoms with Crippen molar-refractivity contribution in [3.63, 3.8) is 0 Å². The van der Waals surface area contributed by atoms with Gasteiger partial charge in [0.05, 0.1) is 26.4 Å². The molecule has 0 bridgehead atoms. The van der Waals surface area contributed by atoms with Crippen molar-refractivity contribution in [3.8, 4) is 0 Å². The van der Waals surface area contributed by atoms with Gasteiger partial charge in [0.2, 0.25) is 0 Å². The van der Waals surface area contributed by atoms with Gasteiger partial charge in [-0.25, -0.2) is 9.13 Å². The van der Waals surface area contributed by atoms with E-state index in [1.54, 1.807) is 0 Å². The fourth-order valence-electron chi connectivity index (χ4n) is 11.5. The lowest BCUT2D eigenvalue weighted by Crippen LogP contribution is -2.30. The van der Waals surface area contributed by atoms with Gasteiger partial charge in [-0.3, -0.25) is 37.3 Å². The lowest BCUT2D eigenvalue weighted by molar-refractivity contribution is -0.161. The van der Waals surface area contributed by atoms with Gasteiger partial charge in [0.25, 0.3) is 0 Å². The van der Waals surface area contributed by atoms with Gasteiger partial charge in [-0.05, 0) is 49.4 Å². The first-order valence-corrected chi connectivity index (χ1v) is 42.3. The third-order valence-corrected chi connectivity index (χ3v) is 20.6. The summed E-state index contributed by atoms with van der Waals surface area (Å²) < 4.78 is 68.5. The molecule has 0 heterocycles. The quantitative estimate of drug-likeness (QED) is 0.0222. The number of phosphoric acid groups is 2. The molecule has 95 heavy (non-hydrogen) atoms. The zero-order valence-electron chi connectivity index (χ0n) is 62.3. The van der Waals surface area contributed by atoms with Gasteiger partial charge < -0.3 is 33.8 Å². The van der Waals surface area contributed by atoms with Crippen molar-refractivity contribution in [1.82, 2.24) is 0 Å². The summed E-state index contributed by atoms with van der Waals surface area (Å²) in [5, 5.41) is 10.6. The van der Waals surface area contributed by atoms with Gasteiger partial charge in [-0.1, -0.05) is 331 Å². The summed E-state index contributed by atoms with van der Waals surface area (Å²) >= 11 is 0. The minimum Gasteiger partial charge on any atom is -0.462 e. The van der Waals surface area contributed by atoms with Crippen molar-refractivity contribution >= 4 is 39.5 Å². The van der Waals surface area contributed by atoms with Crippen molar-refractivity contribution in [1.29, 1.82) is 0 Å². The van der Waals surface area contributed by atoms with Gasteiger partial charge in [0.15, 0.2) is 12.2 Å². The van der Waals surface area contributed by atoms with Crippen LogP contribution in [0.3, 0.4) is 0 Å². The highest BCUT2D eigenvalue weighted by atomic mass is 31.2.